The van der Waals surface area contributed by atoms with E-state index in [-0.39, 0.29) is 0 Å². The molecule has 0 radical (unpaired) electrons. The quantitative estimate of drug-likeness (QED) is 0.292. The Morgan fingerprint density at radius 2 is 1.69 bits per heavy atom. The molecule has 0 rings (SSSR count). The number of unbranched alkanes of at least 4 members (excludes halogenated alkanes) is 1. The van der Waals surface area contributed by atoms with Crippen LogP contribution in [0.3, 0.4) is 0 Å². The molecule has 88 valence electrons. The highest BCUT2D eigenvalue weighted by Gasteiger charge is 1.80. The first-order chi connectivity index (χ1) is 7.77. The molecule has 0 atom stereocenters. The molecule has 16 heavy (non-hydrogen) atoms. The number of rotatable bonds is 8. The van der Waals surface area contributed by atoms with Gasteiger partial charge in [0.15, 0.2) is 0 Å². The predicted molar refractivity (Wildman–Crippen MR) is 68.3 cm³/mol. The second-order valence-corrected chi connectivity index (χ2v) is 3.29. The van der Waals surface area contributed by atoms with Crippen molar-refractivity contribution in [1.29, 1.82) is 0 Å². The van der Waals surface area contributed by atoms with Crippen molar-refractivity contribution in [2.75, 3.05) is 0 Å². The highest BCUT2D eigenvalue weighted by Crippen LogP contribution is 1.96. The standard InChI is InChI=1S/C14H20O2/c1-2-3-4-5-6-7-8-9-10-11-12-13-14(15)16/h3-4,6-7,10-13H,2,5,8-9H2,1H3,(H,15,16)/b4-3?,7-6-,11-10+,13-12+. The maximum absolute atomic E-state index is 10.1. The number of allylic oxidation sites excluding steroid dienone is 7. The largest absolute Gasteiger partial charge is 0.478 e. The van der Waals surface area contributed by atoms with Crippen LogP contribution in [0.1, 0.15) is 32.6 Å². The summed E-state index contributed by atoms with van der Waals surface area (Å²) in [4.78, 5) is 10.1. The van der Waals surface area contributed by atoms with Crippen LogP contribution in [0.15, 0.2) is 48.6 Å². The summed E-state index contributed by atoms with van der Waals surface area (Å²) in [7, 11) is 0. The van der Waals surface area contributed by atoms with Crippen molar-refractivity contribution in [3.8, 4) is 0 Å². The Balaban J connectivity index is 3.45. The van der Waals surface area contributed by atoms with Crippen molar-refractivity contribution >= 4 is 5.97 Å². The molecule has 2 nitrogen and oxygen atoms in total. The predicted octanol–water partition coefficient (Wildman–Crippen LogP) is 3.88. The van der Waals surface area contributed by atoms with Gasteiger partial charge in [-0.1, -0.05) is 49.5 Å². The molecular weight excluding hydrogens is 200 g/mol. The summed E-state index contributed by atoms with van der Waals surface area (Å²) in [6.07, 6.45) is 19.0. The van der Waals surface area contributed by atoms with Crippen LogP contribution in [0.25, 0.3) is 0 Å². The van der Waals surface area contributed by atoms with Crippen LogP contribution >= 0.6 is 0 Å². The fourth-order valence-corrected chi connectivity index (χ4v) is 1.06. The van der Waals surface area contributed by atoms with E-state index < -0.39 is 5.97 Å². The Morgan fingerprint density at radius 1 is 1.00 bits per heavy atom. The van der Waals surface area contributed by atoms with Crippen LogP contribution in [0.4, 0.5) is 0 Å². The van der Waals surface area contributed by atoms with Crippen molar-refractivity contribution in [3.63, 3.8) is 0 Å². The monoisotopic (exact) mass is 220 g/mol. The van der Waals surface area contributed by atoms with Gasteiger partial charge in [0, 0.05) is 6.08 Å². The highest BCUT2D eigenvalue weighted by molar-refractivity contribution is 5.80. The van der Waals surface area contributed by atoms with E-state index in [1.807, 2.05) is 6.08 Å². The van der Waals surface area contributed by atoms with Gasteiger partial charge in [0.2, 0.25) is 0 Å². The fraction of sp³-hybridized carbons (Fsp3) is 0.357. The van der Waals surface area contributed by atoms with Crippen LogP contribution in [-0.4, -0.2) is 11.1 Å². The minimum absolute atomic E-state index is 0.910. The molecule has 0 saturated heterocycles. The smallest absolute Gasteiger partial charge is 0.328 e. The first-order valence-corrected chi connectivity index (χ1v) is 5.63. The maximum Gasteiger partial charge on any atom is 0.328 e. The van der Waals surface area contributed by atoms with Gasteiger partial charge < -0.3 is 5.11 Å². The lowest BCUT2D eigenvalue weighted by Crippen LogP contribution is -1.84. The molecule has 0 saturated carbocycles. The summed E-state index contributed by atoms with van der Waals surface area (Å²) < 4.78 is 0. The molecular formula is C14H20O2. The van der Waals surface area contributed by atoms with Gasteiger partial charge in [0.1, 0.15) is 0 Å². The molecule has 0 spiro atoms. The zero-order chi connectivity index (χ0) is 12.1. The van der Waals surface area contributed by atoms with E-state index in [9.17, 15) is 4.79 Å². The molecule has 0 unspecified atom stereocenters. The van der Waals surface area contributed by atoms with Gasteiger partial charge in [-0.15, -0.1) is 0 Å². The zero-order valence-electron chi connectivity index (χ0n) is 9.80. The second-order valence-electron chi connectivity index (χ2n) is 3.29. The van der Waals surface area contributed by atoms with Gasteiger partial charge in [-0.2, -0.15) is 0 Å². The van der Waals surface area contributed by atoms with E-state index in [1.165, 1.54) is 6.08 Å². The topological polar surface area (TPSA) is 37.3 Å². The molecule has 0 bridgehead atoms. The van der Waals surface area contributed by atoms with Crippen molar-refractivity contribution in [3.05, 3.63) is 48.6 Å². The molecule has 2 heteroatoms. The van der Waals surface area contributed by atoms with Gasteiger partial charge in [0.25, 0.3) is 0 Å². The average molecular weight is 220 g/mol. The molecule has 1 N–H and O–H groups in total. The van der Waals surface area contributed by atoms with Crippen LogP contribution in [0.2, 0.25) is 0 Å². The highest BCUT2D eigenvalue weighted by atomic mass is 16.4. The minimum atomic E-state index is -0.910. The van der Waals surface area contributed by atoms with Crippen molar-refractivity contribution in [2.24, 2.45) is 0 Å². The van der Waals surface area contributed by atoms with Gasteiger partial charge in [-0.25, -0.2) is 4.79 Å². The summed E-state index contributed by atoms with van der Waals surface area (Å²) in [5.74, 6) is -0.910. The summed E-state index contributed by atoms with van der Waals surface area (Å²) in [6, 6.07) is 0. The van der Waals surface area contributed by atoms with E-state index in [4.69, 9.17) is 5.11 Å². The van der Waals surface area contributed by atoms with E-state index in [0.29, 0.717) is 0 Å². The summed E-state index contributed by atoms with van der Waals surface area (Å²) in [5.41, 5.74) is 0. The molecule has 0 aromatic heterocycles. The maximum atomic E-state index is 10.1. The van der Waals surface area contributed by atoms with E-state index >= 15 is 0 Å². The van der Waals surface area contributed by atoms with Crippen molar-refractivity contribution in [2.45, 2.75) is 32.6 Å². The second kappa shape index (κ2) is 11.5. The van der Waals surface area contributed by atoms with Crippen LogP contribution in [0, 0.1) is 0 Å². The van der Waals surface area contributed by atoms with Gasteiger partial charge in [-0.05, 0) is 25.7 Å². The van der Waals surface area contributed by atoms with E-state index in [2.05, 4.69) is 31.2 Å². The molecule has 0 fully saturated rings. The lowest BCUT2D eigenvalue weighted by atomic mass is 10.2. The Kier molecular flexibility index (Phi) is 10.4. The first kappa shape index (κ1) is 14.4. The lowest BCUT2D eigenvalue weighted by Gasteiger charge is -1.85. The normalized spacial score (nSPS) is 12.6. The summed E-state index contributed by atoms with van der Waals surface area (Å²) in [5, 5.41) is 8.32. The SMILES string of the molecule is CCC=CC/C=C\CC/C=C/C=C/C(=O)O. The third kappa shape index (κ3) is 12.4. The third-order valence-corrected chi connectivity index (χ3v) is 1.83. The number of carbonyl (C=O) groups is 1. The molecule has 0 aliphatic carbocycles. The summed E-state index contributed by atoms with van der Waals surface area (Å²) >= 11 is 0. The fourth-order valence-electron chi connectivity index (χ4n) is 1.06. The van der Waals surface area contributed by atoms with Crippen LogP contribution in [0.5, 0.6) is 0 Å². The Hall–Kier alpha value is -1.57. The summed E-state index contributed by atoms with van der Waals surface area (Å²) in [6.45, 7) is 2.12. The van der Waals surface area contributed by atoms with E-state index in [1.54, 1.807) is 6.08 Å². The Morgan fingerprint density at radius 3 is 2.38 bits per heavy atom. The molecule has 0 aromatic carbocycles. The van der Waals surface area contributed by atoms with Gasteiger partial charge in [-0.3, -0.25) is 0 Å². The minimum Gasteiger partial charge on any atom is -0.478 e. The lowest BCUT2D eigenvalue weighted by molar-refractivity contribution is -0.131. The Labute approximate surface area is 97.7 Å². The molecule has 0 heterocycles. The molecule has 0 aliphatic rings. The third-order valence-electron chi connectivity index (χ3n) is 1.83. The van der Waals surface area contributed by atoms with Gasteiger partial charge >= 0.3 is 5.97 Å². The molecule has 0 aromatic rings. The van der Waals surface area contributed by atoms with Crippen molar-refractivity contribution in [1.82, 2.24) is 0 Å². The number of hydrogen-bond donors (Lipinski definition) is 1. The number of aliphatic carboxylic acids is 1. The van der Waals surface area contributed by atoms with Crippen LogP contribution < -0.4 is 0 Å². The number of carboxylic acid groups (broad SMARTS) is 1. The zero-order valence-corrected chi connectivity index (χ0v) is 9.80. The van der Waals surface area contributed by atoms with E-state index in [0.717, 1.165) is 31.8 Å². The number of hydrogen-bond acceptors (Lipinski definition) is 1. The number of carboxylic acids is 1. The first-order valence-electron chi connectivity index (χ1n) is 5.63. The van der Waals surface area contributed by atoms with Gasteiger partial charge in [0.05, 0.1) is 0 Å². The molecule has 0 aliphatic heterocycles. The Bertz CT molecular complexity index is 283. The van der Waals surface area contributed by atoms with Crippen molar-refractivity contribution < 1.29 is 9.90 Å². The van der Waals surface area contributed by atoms with Crippen LogP contribution in [-0.2, 0) is 4.79 Å². The molecule has 0 amide bonds. The average Bonchev–Trinajstić information content (AvgIpc) is 2.25.